The van der Waals surface area contributed by atoms with Crippen LogP contribution in [0.1, 0.15) is 36.2 Å². The number of ether oxygens (including phenoxy) is 3. The topological polar surface area (TPSA) is 65.1 Å². The summed E-state index contributed by atoms with van der Waals surface area (Å²) in [4.78, 5) is 27.5. The summed E-state index contributed by atoms with van der Waals surface area (Å²) >= 11 is 0. The Balaban J connectivity index is 1.45. The zero-order chi connectivity index (χ0) is 22.9. The van der Waals surface area contributed by atoms with E-state index in [0.29, 0.717) is 31.9 Å². The van der Waals surface area contributed by atoms with Crippen molar-refractivity contribution in [1.29, 1.82) is 0 Å². The first-order valence-electron chi connectivity index (χ1n) is 10.8. The molecule has 2 atom stereocenters. The summed E-state index contributed by atoms with van der Waals surface area (Å²) in [6, 6.07) is 14.5. The van der Waals surface area contributed by atoms with Crippen molar-refractivity contribution in [2.24, 2.45) is 5.92 Å². The smallest absolute Gasteiger partial charge is 0.294 e. The van der Waals surface area contributed by atoms with Crippen LogP contribution >= 0.6 is 0 Å². The minimum Gasteiger partial charge on any atom is -0.493 e. The zero-order valence-corrected chi connectivity index (χ0v) is 18.6. The Kier molecular flexibility index (Phi) is 5.95. The van der Waals surface area contributed by atoms with Gasteiger partial charge in [0.25, 0.3) is 11.7 Å². The number of likely N-dealkylation sites (tertiary alicyclic amines) is 1. The Bertz CT molecular complexity index is 1000. The van der Waals surface area contributed by atoms with Crippen LogP contribution in [0.4, 0.5) is 4.39 Å². The lowest BCUT2D eigenvalue weighted by Crippen LogP contribution is -2.61. The molecule has 4 rings (SSSR count). The molecule has 2 heterocycles. The standard InChI is InChI=1S/C25H28FNO5/c1-24(2,26)16-31-20-10-9-17(13-21(20)30-3)22(28)23(29)27-12-11-25(19(14-27)15-32-25)18-7-5-4-6-8-18/h4-10,13,19H,11-12,14-16H2,1-3H3. The van der Waals surface area contributed by atoms with E-state index in [-0.39, 0.29) is 29.4 Å². The number of benzene rings is 2. The van der Waals surface area contributed by atoms with E-state index in [1.165, 1.54) is 39.2 Å². The molecule has 2 aliphatic heterocycles. The summed E-state index contributed by atoms with van der Waals surface area (Å²) in [5.74, 6) is -0.390. The van der Waals surface area contributed by atoms with E-state index in [2.05, 4.69) is 12.1 Å². The van der Waals surface area contributed by atoms with Gasteiger partial charge in [0.1, 0.15) is 17.9 Å². The molecule has 7 heteroatoms. The molecule has 1 amide bonds. The number of fused-ring (bicyclic) bond motifs is 1. The molecule has 2 aromatic carbocycles. The van der Waals surface area contributed by atoms with E-state index < -0.39 is 17.4 Å². The van der Waals surface area contributed by atoms with E-state index in [0.717, 1.165) is 5.56 Å². The highest BCUT2D eigenvalue weighted by molar-refractivity contribution is 6.42. The van der Waals surface area contributed by atoms with Crippen molar-refractivity contribution in [3.8, 4) is 11.5 Å². The summed E-state index contributed by atoms with van der Waals surface area (Å²) in [6.07, 6.45) is 0.649. The lowest BCUT2D eigenvalue weighted by Gasteiger charge is -2.55. The molecule has 0 bridgehead atoms. The van der Waals surface area contributed by atoms with Gasteiger partial charge < -0.3 is 19.1 Å². The number of nitrogens with zero attached hydrogens (tertiary/aromatic N) is 1. The molecule has 2 unspecified atom stereocenters. The second-order valence-electron chi connectivity index (χ2n) is 8.97. The number of methoxy groups -OCH3 is 1. The third-order valence-corrected chi connectivity index (χ3v) is 6.14. The van der Waals surface area contributed by atoms with Gasteiger partial charge in [-0.2, -0.15) is 0 Å². The maximum absolute atomic E-state index is 13.7. The van der Waals surface area contributed by atoms with E-state index >= 15 is 0 Å². The zero-order valence-electron chi connectivity index (χ0n) is 18.6. The SMILES string of the molecule is COc1cc(C(=O)C(=O)N2CCC3(c4ccccc4)OCC3C2)ccc1OCC(C)(C)F. The van der Waals surface area contributed by atoms with Crippen molar-refractivity contribution in [1.82, 2.24) is 4.90 Å². The average molecular weight is 441 g/mol. The fourth-order valence-corrected chi connectivity index (χ4v) is 4.35. The molecule has 2 aromatic rings. The van der Waals surface area contributed by atoms with E-state index in [1.54, 1.807) is 4.90 Å². The molecule has 2 aliphatic rings. The van der Waals surface area contributed by atoms with E-state index in [1.807, 2.05) is 18.2 Å². The van der Waals surface area contributed by atoms with Crippen molar-refractivity contribution in [3.63, 3.8) is 0 Å². The number of carbonyl (C=O) groups excluding carboxylic acids is 2. The number of halogens is 1. The lowest BCUT2D eigenvalue weighted by atomic mass is 9.72. The molecule has 0 spiro atoms. The summed E-state index contributed by atoms with van der Waals surface area (Å²) in [7, 11) is 1.43. The van der Waals surface area contributed by atoms with Gasteiger partial charge >= 0.3 is 0 Å². The monoisotopic (exact) mass is 441 g/mol. The van der Waals surface area contributed by atoms with Crippen LogP contribution in [-0.4, -0.2) is 55.7 Å². The quantitative estimate of drug-likeness (QED) is 0.483. The van der Waals surface area contributed by atoms with Crippen LogP contribution in [0.5, 0.6) is 11.5 Å². The number of amides is 1. The Morgan fingerprint density at radius 3 is 2.53 bits per heavy atom. The fraction of sp³-hybridized carbons (Fsp3) is 0.440. The summed E-state index contributed by atoms with van der Waals surface area (Å²) in [5, 5.41) is 0. The Morgan fingerprint density at radius 1 is 1.19 bits per heavy atom. The van der Waals surface area contributed by atoms with Crippen molar-refractivity contribution >= 4 is 11.7 Å². The first kappa shape index (κ1) is 22.3. The second-order valence-corrected chi connectivity index (χ2v) is 8.97. The molecular formula is C25H28FNO5. The number of hydrogen-bond acceptors (Lipinski definition) is 5. The van der Waals surface area contributed by atoms with Gasteiger partial charge in [-0.1, -0.05) is 30.3 Å². The maximum Gasteiger partial charge on any atom is 0.294 e. The lowest BCUT2D eigenvalue weighted by molar-refractivity contribution is -0.238. The molecule has 6 nitrogen and oxygen atoms in total. The van der Waals surface area contributed by atoms with Gasteiger partial charge in [0.05, 0.1) is 13.7 Å². The molecule has 0 radical (unpaired) electrons. The minimum absolute atomic E-state index is 0.157. The highest BCUT2D eigenvalue weighted by atomic mass is 19.1. The maximum atomic E-state index is 13.7. The fourth-order valence-electron chi connectivity index (χ4n) is 4.35. The van der Waals surface area contributed by atoms with Gasteiger partial charge in [-0.25, -0.2) is 4.39 Å². The van der Waals surface area contributed by atoms with Crippen LogP contribution in [0.25, 0.3) is 0 Å². The van der Waals surface area contributed by atoms with Crippen LogP contribution in [-0.2, 0) is 15.1 Å². The predicted octanol–water partition coefficient (Wildman–Crippen LogP) is 3.78. The summed E-state index contributed by atoms with van der Waals surface area (Å²) in [6.45, 7) is 4.15. The molecular weight excluding hydrogens is 413 g/mol. The Hall–Kier alpha value is -2.93. The third-order valence-electron chi connectivity index (χ3n) is 6.14. The predicted molar refractivity (Wildman–Crippen MR) is 117 cm³/mol. The molecule has 2 saturated heterocycles. The second kappa shape index (κ2) is 8.54. The molecule has 32 heavy (non-hydrogen) atoms. The highest BCUT2D eigenvalue weighted by Crippen LogP contribution is 2.48. The number of piperidine rings is 1. The Morgan fingerprint density at radius 2 is 1.94 bits per heavy atom. The largest absolute Gasteiger partial charge is 0.493 e. The van der Waals surface area contributed by atoms with Crippen LogP contribution in [0, 0.1) is 5.92 Å². The Labute approximate surface area is 187 Å². The van der Waals surface area contributed by atoms with Crippen molar-refractivity contribution in [2.75, 3.05) is 33.4 Å². The van der Waals surface area contributed by atoms with E-state index in [9.17, 15) is 14.0 Å². The van der Waals surface area contributed by atoms with Gasteiger partial charge in [0.2, 0.25) is 0 Å². The van der Waals surface area contributed by atoms with Gasteiger partial charge in [-0.3, -0.25) is 9.59 Å². The molecule has 0 saturated carbocycles. The van der Waals surface area contributed by atoms with Gasteiger partial charge in [-0.05, 0) is 44.0 Å². The van der Waals surface area contributed by atoms with Crippen molar-refractivity contribution in [2.45, 2.75) is 31.5 Å². The summed E-state index contributed by atoms with van der Waals surface area (Å²) in [5.41, 5.74) is -0.549. The molecule has 170 valence electrons. The van der Waals surface area contributed by atoms with Gasteiger partial charge in [0, 0.05) is 24.6 Å². The first-order valence-corrected chi connectivity index (χ1v) is 10.8. The number of ketones is 1. The highest BCUT2D eigenvalue weighted by Gasteiger charge is 2.53. The van der Waals surface area contributed by atoms with Gasteiger partial charge in [0.15, 0.2) is 11.5 Å². The number of Topliss-reactive ketones (excluding diaryl/α,β-unsaturated/α-hetero) is 1. The first-order chi connectivity index (χ1) is 15.2. The van der Waals surface area contributed by atoms with Crippen LogP contribution in [0.2, 0.25) is 0 Å². The number of alkyl halides is 1. The number of carbonyl (C=O) groups is 2. The van der Waals surface area contributed by atoms with Crippen LogP contribution < -0.4 is 9.47 Å². The van der Waals surface area contributed by atoms with Crippen molar-refractivity contribution in [3.05, 3.63) is 59.7 Å². The van der Waals surface area contributed by atoms with Crippen molar-refractivity contribution < 1.29 is 28.2 Å². The molecule has 0 N–H and O–H groups in total. The number of rotatable bonds is 7. The molecule has 2 fully saturated rings. The number of hydrogen-bond donors (Lipinski definition) is 0. The third kappa shape index (κ3) is 4.21. The minimum atomic E-state index is -1.51. The normalized spacial score (nSPS) is 22.5. The van der Waals surface area contributed by atoms with Crippen LogP contribution in [0.15, 0.2) is 48.5 Å². The van der Waals surface area contributed by atoms with Crippen LogP contribution in [0.3, 0.4) is 0 Å². The molecule has 0 aliphatic carbocycles. The summed E-state index contributed by atoms with van der Waals surface area (Å²) < 4.78 is 30.5. The molecule has 0 aromatic heterocycles. The average Bonchev–Trinajstić information content (AvgIpc) is 2.77. The van der Waals surface area contributed by atoms with E-state index in [4.69, 9.17) is 14.2 Å². The van der Waals surface area contributed by atoms with Gasteiger partial charge in [-0.15, -0.1) is 0 Å².